The molecule has 1 aliphatic rings. The number of nitrogens with zero attached hydrogens (tertiary/aromatic N) is 1. The minimum absolute atomic E-state index is 0.0912. The first-order valence-corrected chi connectivity index (χ1v) is 6.59. The van der Waals surface area contributed by atoms with Crippen molar-refractivity contribution >= 4 is 11.6 Å². The van der Waals surface area contributed by atoms with Gasteiger partial charge in [0.25, 0.3) is 0 Å². The molecule has 4 heteroatoms. The number of benzene rings is 1. The van der Waals surface area contributed by atoms with Gasteiger partial charge in [-0.1, -0.05) is 12.1 Å². The van der Waals surface area contributed by atoms with Crippen LogP contribution in [0.4, 0.5) is 5.69 Å². The smallest absolute Gasteiger partial charge is 0.225 e. The standard InChI is InChI=1S/C14H21N3O/c15-8-6-12-2-4-13(5-3-12)16-14(18)7-11-17-9-1-10-17/h2-5H,1,6-11,15H2,(H,16,18). The van der Waals surface area contributed by atoms with Crippen LogP contribution in [0, 0.1) is 0 Å². The van der Waals surface area contributed by atoms with Crippen LogP contribution in [0.25, 0.3) is 0 Å². The van der Waals surface area contributed by atoms with Crippen LogP contribution in [0.3, 0.4) is 0 Å². The zero-order valence-electron chi connectivity index (χ0n) is 10.7. The number of carbonyl (C=O) groups is 1. The van der Waals surface area contributed by atoms with E-state index in [0.717, 1.165) is 31.7 Å². The molecule has 0 saturated carbocycles. The van der Waals surface area contributed by atoms with Gasteiger partial charge in [-0.15, -0.1) is 0 Å². The molecule has 18 heavy (non-hydrogen) atoms. The normalized spacial score (nSPS) is 15.2. The highest BCUT2D eigenvalue weighted by Crippen LogP contribution is 2.11. The molecule has 4 nitrogen and oxygen atoms in total. The molecular formula is C14H21N3O. The summed E-state index contributed by atoms with van der Waals surface area (Å²) in [7, 11) is 0. The summed E-state index contributed by atoms with van der Waals surface area (Å²) >= 11 is 0. The van der Waals surface area contributed by atoms with Crippen molar-refractivity contribution in [2.24, 2.45) is 5.73 Å². The van der Waals surface area contributed by atoms with E-state index in [1.54, 1.807) is 0 Å². The third-order valence-electron chi connectivity index (χ3n) is 3.27. The van der Waals surface area contributed by atoms with Gasteiger partial charge in [0, 0.05) is 18.7 Å². The van der Waals surface area contributed by atoms with Gasteiger partial charge in [-0.05, 0) is 50.2 Å². The molecule has 0 spiro atoms. The van der Waals surface area contributed by atoms with Crippen molar-refractivity contribution in [2.45, 2.75) is 19.3 Å². The summed E-state index contributed by atoms with van der Waals surface area (Å²) in [6.07, 6.45) is 2.72. The first kappa shape index (κ1) is 13.1. The summed E-state index contributed by atoms with van der Waals surface area (Å²) in [5, 5.41) is 2.92. The molecule has 2 rings (SSSR count). The molecule has 1 saturated heterocycles. The molecular weight excluding hydrogens is 226 g/mol. The van der Waals surface area contributed by atoms with Crippen LogP contribution in [-0.4, -0.2) is 37.0 Å². The molecule has 1 amide bonds. The molecule has 1 aromatic carbocycles. The maximum absolute atomic E-state index is 11.7. The topological polar surface area (TPSA) is 58.4 Å². The fraction of sp³-hybridized carbons (Fsp3) is 0.500. The number of rotatable bonds is 6. The van der Waals surface area contributed by atoms with Gasteiger partial charge in [0.2, 0.25) is 5.91 Å². The number of hydrogen-bond acceptors (Lipinski definition) is 3. The summed E-state index contributed by atoms with van der Waals surface area (Å²) in [5.74, 6) is 0.0912. The van der Waals surface area contributed by atoms with Gasteiger partial charge < -0.3 is 16.0 Å². The van der Waals surface area contributed by atoms with Crippen molar-refractivity contribution in [3.63, 3.8) is 0 Å². The van der Waals surface area contributed by atoms with E-state index in [0.29, 0.717) is 13.0 Å². The average molecular weight is 247 g/mol. The van der Waals surface area contributed by atoms with Gasteiger partial charge in [-0.3, -0.25) is 4.79 Å². The van der Waals surface area contributed by atoms with Crippen LogP contribution in [0.2, 0.25) is 0 Å². The van der Waals surface area contributed by atoms with Crippen LogP contribution in [0.15, 0.2) is 24.3 Å². The summed E-state index contributed by atoms with van der Waals surface area (Å²) < 4.78 is 0. The Hall–Kier alpha value is -1.39. The Morgan fingerprint density at radius 1 is 1.28 bits per heavy atom. The number of likely N-dealkylation sites (tertiary alicyclic amines) is 1. The summed E-state index contributed by atoms with van der Waals surface area (Å²) in [6.45, 7) is 3.81. The van der Waals surface area contributed by atoms with Crippen molar-refractivity contribution < 1.29 is 4.79 Å². The van der Waals surface area contributed by atoms with Crippen LogP contribution in [0.1, 0.15) is 18.4 Å². The highest BCUT2D eigenvalue weighted by atomic mass is 16.1. The fourth-order valence-electron chi connectivity index (χ4n) is 2.01. The number of hydrogen-bond donors (Lipinski definition) is 2. The minimum atomic E-state index is 0.0912. The third kappa shape index (κ3) is 3.82. The van der Waals surface area contributed by atoms with Gasteiger partial charge in [-0.2, -0.15) is 0 Å². The second-order valence-corrected chi connectivity index (χ2v) is 4.73. The zero-order chi connectivity index (χ0) is 12.8. The maximum atomic E-state index is 11.7. The predicted molar refractivity (Wildman–Crippen MR) is 73.5 cm³/mol. The number of nitrogens with two attached hydrogens (primary N) is 1. The van der Waals surface area contributed by atoms with E-state index < -0.39 is 0 Å². The maximum Gasteiger partial charge on any atom is 0.225 e. The van der Waals surface area contributed by atoms with E-state index in [1.165, 1.54) is 12.0 Å². The Morgan fingerprint density at radius 2 is 2.00 bits per heavy atom. The SMILES string of the molecule is NCCc1ccc(NC(=O)CCN2CCC2)cc1. The van der Waals surface area contributed by atoms with Crippen molar-refractivity contribution in [3.8, 4) is 0 Å². The van der Waals surface area contributed by atoms with Crippen molar-refractivity contribution in [1.29, 1.82) is 0 Å². The fourth-order valence-corrected chi connectivity index (χ4v) is 2.01. The molecule has 1 heterocycles. The van der Waals surface area contributed by atoms with E-state index in [2.05, 4.69) is 10.2 Å². The third-order valence-corrected chi connectivity index (χ3v) is 3.27. The summed E-state index contributed by atoms with van der Waals surface area (Å²) in [6, 6.07) is 7.90. The zero-order valence-corrected chi connectivity index (χ0v) is 10.7. The molecule has 3 N–H and O–H groups in total. The van der Waals surface area contributed by atoms with Crippen LogP contribution in [-0.2, 0) is 11.2 Å². The molecule has 0 aliphatic carbocycles. The van der Waals surface area contributed by atoms with Gasteiger partial charge >= 0.3 is 0 Å². The first-order valence-electron chi connectivity index (χ1n) is 6.59. The van der Waals surface area contributed by atoms with E-state index in [-0.39, 0.29) is 5.91 Å². The molecule has 0 bridgehead atoms. The molecule has 0 aromatic heterocycles. The lowest BCUT2D eigenvalue weighted by Crippen LogP contribution is -2.38. The van der Waals surface area contributed by atoms with Gasteiger partial charge in [0.15, 0.2) is 0 Å². The minimum Gasteiger partial charge on any atom is -0.330 e. The van der Waals surface area contributed by atoms with E-state index in [9.17, 15) is 4.79 Å². The molecule has 1 fully saturated rings. The highest BCUT2D eigenvalue weighted by molar-refractivity contribution is 5.90. The Morgan fingerprint density at radius 3 is 2.56 bits per heavy atom. The van der Waals surface area contributed by atoms with Gasteiger partial charge in [0.05, 0.1) is 0 Å². The number of amides is 1. The Bertz CT molecular complexity index is 385. The van der Waals surface area contributed by atoms with Crippen LogP contribution >= 0.6 is 0 Å². The second kappa shape index (κ2) is 6.52. The van der Waals surface area contributed by atoms with Crippen LogP contribution < -0.4 is 11.1 Å². The van der Waals surface area contributed by atoms with E-state index in [4.69, 9.17) is 5.73 Å². The van der Waals surface area contributed by atoms with E-state index in [1.807, 2.05) is 24.3 Å². The Labute approximate surface area is 108 Å². The molecule has 0 unspecified atom stereocenters. The van der Waals surface area contributed by atoms with Gasteiger partial charge in [0.1, 0.15) is 0 Å². The first-order chi connectivity index (χ1) is 8.78. The molecule has 0 atom stereocenters. The Balaban J connectivity index is 1.75. The lowest BCUT2D eigenvalue weighted by atomic mass is 10.1. The van der Waals surface area contributed by atoms with Crippen molar-refractivity contribution in [1.82, 2.24) is 4.90 Å². The average Bonchev–Trinajstić information content (AvgIpc) is 2.30. The van der Waals surface area contributed by atoms with Crippen LogP contribution in [0.5, 0.6) is 0 Å². The molecule has 98 valence electrons. The van der Waals surface area contributed by atoms with E-state index >= 15 is 0 Å². The largest absolute Gasteiger partial charge is 0.330 e. The number of carbonyl (C=O) groups excluding carboxylic acids is 1. The molecule has 0 radical (unpaired) electrons. The molecule has 1 aliphatic heterocycles. The highest BCUT2D eigenvalue weighted by Gasteiger charge is 2.14. The quantitative estimate of drug-likeness (QED) is 0.794. The van der Waals surface area contributed by atoms with Gasteiger partial charge in [-0.25, -0.2) is 0 Å². The van der Waals surface area contributed by atoms with Crippen molar-refractivity contribution in [3.05, 3.63) is 29.8 Å². The summed E-state index contributed by atoms with van der Waals surface area (Å²) in [4.78, 5) is 14.0. The molecule has 1 aromatic rings. The monoisotopic (exact) mass is 247 g/mol. The number of anilines is 1. The lowest BCUT2D eigenvalue weighted by molar-refractivity contribution is -0.116. The van der Waals surface area contributed by atoms with Crippen molar-refractivity contribution in [2.75, 3.05) is 31.5 Å². The number of nitrogens with one attached hydrogen (secondary N) is 1. The predicted octanol–water partition coefficient (Wildman–Crippen LogP) is 1.22. The second-order valence-electron chi connectivity index (χ2n) is 4.73. The Kier molecular flexibility index (Phi) is 4.73. The summed E-state index contributed by atoms with van der Waals surface area (Å²) in [5.41, 5.74) is 7.56. The lowest BCUT2D eigenvalue weighted by Gasteiger charge is -2.30.